The first kappa shape index (κ1) is 37.4. The molecule has 0 fully saturated rings. The molecular formula is C61H42N4. The summed E-state index contributed by atoms with van der Waals surface area (Å²) < 4.78 is 2.47. The molecule has 0 atom stereocenters. The largest absolute Gasteiger partial charge is 0.309 e. The van der Waals surface area contributed by atoms with Crippen molar-refractivity contribution in [3.8, 4) is 84.4 Å². The Morgan fingerprint density at radius 3 is 1.31 bits per heavy atom. The van der Waals surface area contributed by atoms with Crippen LogP contribution in [0.1, 0.15) is 33.4 Å². The summed E-state index contributed by atoms with van der Waals surface area (Å²) in [6.07, 6.45) is 1.93. The molecule has 0 saturated carbocycles. The molecule has 2 heterocycles. The van der Waals surface area contributed by atoms with Gasteiger partial charge in [0.25, 0.3) is 0 Å². The third-order valence-electron chi connectivity index (χ3n) is 13.7. The Morgan fingerprint density at radius 1 is 0.338 bits per heavy atom. The maximum Gasteiger partial charge on any atom is 0.164 e. The fourth-order valence-electron chi connectivity index (χ4n) is 10.7. The second-order valence-corrected chi connectivity index (χ2v) is 17.6. The van der Waals surface area contributed by atoms with Gasteiger partial charge in [-0.25, -0.2) is 15.0 Å². The molecule has 0 bridgehead atoms. The molecule has 2 aliphatic carbocycles. The highest BCUT2D eigenvalue weighted by Crippen LogP contribution is 2.47. The topological polar surface area (TPSA) is 43.6 Å². The van der Waals surface area contributed by atoms with Crippen molar-refractivity contribution in [1.82, 2.24) is 19.5 Å². The minimum atomic E-state index is 0.657. The average molecular weight is 831 g/mol. The summed E-state index contributed by atoms with van der Waals surface area (Å²) in [6, 6.07) is 70.6. The molecule has 2 aliphatic rings. The number of nitrogens with zero attached hydrogens (tertiary/aromatic N) is 4. The van der Waals surface area contributed by atoms with Crippen LogP contribution in [-0.2, 0) is 12.8 Å². The molecule has 0 amide bonds. The minimum Gasteiger partial charge on any atom is -0.309 e. The van der Waals surface area contributed by atoms with Crippen LogP contribution in [0.25, 0.3) is 106 Å². The lowest BCUT2D eigenvalue weighted by Gasteiger charge is -2.16. The normalized spacial score (nSPS) is 12.3. The Morgan fingerprint density at radius 2 is 0.785 bits per heavy atom. The van der Waals surface area contributed by atoms with Gasteiger partial charge >= 0.3 is 0 Å². The third kappa shape index (κ3) is 6.02. The van der Waals surface area contributed by atoms with Gasteiger partial charge in [-0.1, -0.05) is 158 Å². The van der Waals surface area contributed by atoms with Gasteiger partial charge in [0.2, 0.25) is 0 Å². The van der Waals surface area contributed by atoms with Gasteiger partial charge in [0.1, 0.15) is 0 Å². The second kappa shape index (κ2) is 14.7. The van der Waals surface area contributed by atoms with Gasteiger partial charge < -0.3 is 4.57 Å². The summed E-state index contributed by atoms with van der Waals surface area (Å²) >= 11 is 0. The van der Waals surface area contributed by atoms with Crippen LogP contribution < -0.4 is 0 Å². The highest BCUT2D eigenvalue weighted by molar-refractivity contribution is 6.12. The summed E-state index contributed by atoms with van der Waals surface area (Å²) in [5, 5.41) is 2.46. The van der Waals surface area contributed by atoms with Gasteiger partial charge in [0.15, 0.2) is 17.5 Å². The van der Waals surface area contributed by atoms with E-state index in [1.165, 1.54) is 88.6 Å². The van der Waals surface area contributed by atoms with Gasteiger partial charge in [-0.3, -0.25) is 0 Å². The molecule has 0 N–H and O–H groups in total. The van der Waals surface area contributed by atoms with Crippen LogP contribution >= 0.6 is 0 Å². The fourth-order valence-corrected chi connectivity index (χ4v) is 10.7. The lowest BCUT2D eigenvalue weighted by molar-refractivity contribution is 1.07. The second-order valence-electron chi connectivity index (χ2n) is 17.6. The summed E-state index contributed by atoms with van der Waals surface area (Å²) in [6.45, 7) is 4.39. The Hall–Kier alpha value is -8.21. The van der Waals surface area contributed by atoms with Gasteiger partial charge in [0, 0.05) is 33.2 Å². The number of benzene rings is 9. The molecule has 9 aromatic carbocycles. The van der Waals surface area contributed by atoms with Crippen molar-refractivity contribution < 1.29 is 0 Å². The van der Waals surface area contributed by atoms with Crippen LogP contribution in [0.2, 0.25) is 0 Å². The smallest absolute Gasteiger partial charge is 0.164 e. The quantitative estimate of drug-likeness (QED) is 0.168. The number of fused-ring (bicyclic) bond motifs is 9. The predicted octanol–water partition coefficient (Wildman–Crippen LogP) is 15.1. The van der Waals surface area contributed by atoms with Crippen molar-refractivity contribution in [2.45, 2.75) is 26.7 Å². The number of hydrogen-bond donors (Lipinski definition) is 0. The van der Waals surface area contributed by atoms with E-state index in [1.54, 1.807) is 0 Å². The van der Waals surface area contributed by atoms with Crippen molar-refractivity contribution in [1.29, 1.82) is 0 Å². The van der Waals surface area contributed by atoms with Crippen molar-refractivity contribution in [2.24, 2.45) is 0 Å². The van der Waals surface area contributed by atoms with E-state index in [-0.39, 0.29) is 0 Å². The van der Waals surface area contributed by atoms with Crippen molar-refractivity contribution in [3.63, 3.8) is 0 Å². The molecule has 0 saturated heterocycles. The average Bonchev–Trinajstić information content (AvgIpc) is 4.04. The van der Waals surface area contributed by atoms with E-state index in [0.717, 1.165) is 46.3 Å². The lowest BCUT2D eigenvalue weighted by atomic mass is 9.92. The summed E-state index contributed by atoms with van der Waals surface area (Å²) in [4.78, 5) is 15.2. The van der Waals surface area contributed by atoms with Crippen LogP contribution in [0.5, 0.6) is 0 Å². The minimum absolute atomic E-state index is 0.657. The summed E-state index contributed by atoms with van der Waals surface area (Å²) in [5.74, 6) is 1.98. The first-order valence-electron chi connectivity index (χ1n) is 22.5. The number of rotatable bonds is 6. The fraction of sp³-hybridized carbons (Fsp3) is 0.0656. The van der Waals surface area contributed by atoms with Crippen LogP contribution in [0, 0.1) is 13.8 Å². The predicted molar refractivity (Wildman–Crippen MR) is 267 cm³/mol. The molecule has 0 aliphatic heterocycles. The molecular weight excluding hydrogens is 789 g/mol. The van der Waals surface area contributed by atoms with E-state index in [9.17, 15) is 0 Å². The number of aromatic nitrogens is 4. The maximum atomic E-state index is 5.12. The molecule has 306 valence electrons. The van der Waals surface area contributed by atoms with Crippen molar-refractivity contribution in [3.05, 3.63) is 228 Å². The van der Waals surface area contributed by atoms with Crippen LogP contribution in [0.15, 0.2) is 194 Å². The summed E-state index contributed by atoms with van der Waals surface area (Å²) in [5.41, 5.74) is 24.6. The third-order valence-corrected chi connectivity index (χ3v) is 13.7. The van der Waals surface area contributed by atoms with Crippen molar-refractivity contribution >= 4 is 21.8 Å². The van der Waals surface area contributed by atoms with E-state index in [0.29, 0.717) is 17.5 Å². The van der Waals surface area contributed by atoms with Crippen LogP contribution in [-0.4, -0.2) is 19.5 Å². The highest BCUT2D eigenvalue weighted by atomic mass is 15.0. The molecule has 0 unspecified atom stereocenters. The molecule has 2 aromatic heterocycles. The Bertz CT molecular complexity index is 3520. The van der Waals surface area contributed by atoms with E-state index >= 15 is 0 Å². The molecule has 4 nitrogen and oxygen atoms in total. The zero-order chi connectivity index (χ0) is 43.2. The molecule has 4 heteroatoms. The maximum absolute atomic E-state index is 5.12. The first-order valence-corrected chi connectivity index (χ1v) is 22.5. The number of hydrogen-bond acceptors (Lipinski definition) is 3. The van der Waals surface area contributed by atoms with Crippen LogP contribution in [0.3, 0.4) is 0 Å². The molecule has 11 aromatic rings. The van der Waals surface area contributed by atoms with Gasteiger partial charge in [0.05, 0.1) is 11.0 Å². The highest BCUT2D eigenvalue weighted by Gasteiger charge is 2.25. The van der Waals surface area contributed by atoms with E-state index in [4.69, 9.17) is 15.0 Å². The molecule has 0 spiro atoms. The zero-order valence-corrected chi connectivity index (χ0v) is 36.2. The van der Waals surface area contributed by atoms with Gasteiger partial charge in [-0.2, -0.15) is 0 Å². The Balaban J connectivity index is 1.01. The molecule has 65 heavy (non-hydrogen) atoms. The van der Waals surface area contributed by atoms with Crippen molar-refractivity contribution in [2.75, 3.05) is 0 Å². The van der Waals surface area contributed by atoms with E-state index in [1.807, 2.05) is 36.4 Å². The molecule has 0 radical (unpaired) electrons. The standard InChI is InChI=1S/C61H42N4/c1-37-32-56(38(2)31-51(37)61-63-59(39-15-5-3-6-16-39)62-60(64-61)40-17-7-4-8-18-40)65-54-29-27-43(49-25-13-21-45-33-41-19-9-11-23-47(41)57(45)49)35-52(54)53-36-44(28-30-55(53)65)50-26-14-22-46-34-42-20-10-12-24-48(42)58(46)50/h3-32,35-36H,33-34H2,1-2H3. The first-order chi connectivity index (χ1) is 32.0. The zero-order valence-electron chi connectivity index (χ0n) is 36.2. The SMILES string of the molecule is Cc1cc(-n2c3ccc(-c4cccc5c4-c4ccccc4C5)cc3c3cc(-c4cccc5c4-c4ccccc4C5)ccc32)c(C)cc1-c1nc(-c2ccccc2)nc(-c2ccccc2)n1. The van der Waals surface area contributed by atoms with E-state index < -0.39 is 0 Å². The van der Waals surface area contributed by atoms with Crippen LogP contribution in [0.4, 0.5) is 0 Å². The monoisotopic (exact) mass is 830 g/mol. The Labute approximate surface area is 378 Å². The summed E-state index contributed by atoms with van der Waals surface area (Å²) in [7, 11) is 0. The van der Waals surface area contributed by atoms with E-state index in [2.05, 4.69) is 176 Å². The Kier molecular flexibility index (Phi) is 8.44. The van der Waals surface area contributed by atoms with Gasteiger partial charge in [-0.15, -0.1) is 0 Å². The van der Waals surface area contributed by atoms with Gasteiger partial charge in [-0.05, 0) is 141 Å². The molecule has 13 rings (SSSR count). The lowest BCUT2D eigenvalue weighted by Crippen LogP contribution is -2.03. The number of aryl methyl sites for hydroxylation is 2.